The summed E-state index contributed by atoms with van der Waals surface area (Å²) in [6, 6.07) is 5.32. The van der Waals surface area contributed by atoms with Gasteiger partial charge in [0.05, 0.1) is 17.5 Å². The molecular weight excluding hydrogens is 391 g/mol. The van der Waals surface area contributed by atoms with Crippen LogP contribution in [-0.2, 0) is 4.79 Å². The zero-order valence-electron chi connectivity index (χ0n) is 12.5. The first kappa shape index (κ1) is 19.6. The highest BCUT2D eigenvalue weighted by atomic mass is 79.9. The summed E-state index contributed by atoms with van der Waals surface area (Å²) >= 11 is 9.26. The first-order chi connectivity index (χ1) is 9.93. The van der Waals surface area contributed by atoms with Crippen LogP contribution in [0.3, 0.4) is 0 Å². The summed E-state index contributed by atoms with van der Waals surface area (Å²) < 4.78 is 6.41. The van der Waals surface area contributed by atoms with Gasteiger partial charge in [-0.1, -0.05) is 18.5 Å². The fraction of sp³-hybridized carbons (Fsp3) is 0.533. The normalized spacial score (nSPS) is 20.6. The van der Waals surface area contributed by atoms with Crippen molar-refractivity contribution in [2.75, 3.05) is 26.2 Å². The van der Waals surface area contributed by atoms with E-state index in [0.717, 1.165) is 24.0 Å². The molecule has 1 aromatic carbocycles. The number of hydrogen-bond acceptors (Lipinski definition) is 3. The van der Waals surface area contributed by atoms with Crippen LogP contribution in [0.4, 0.5) is 0 Å². The molecule has 0 radical (unpaired) electrons. The second kappa shape index (κ2) is 8.39. The molecule has 2 N–H and O–H groups in total. The van der Waals surface area contributed by atoms with Gasteiger partial charge in [0.25, 0.3) is 0 Å². The van der Waals surface area contributed by atoms with Gasteiger partial charge in [0, 0.05) is 18.1 Å². The molecule has 1 unspecified atom stereocenters. The SMILES string of the molecule is CC1(CN)CCN(C(=O)CCOc2ccc(Cl)cc2Br)C1.Cl. The lowest BCUT2D eigenvalue weighted by Gasteiger charge is -2.22. The van der Waals surface area contributed by atoms with Crippen molar-refractivity contribution < 1.29 is 9.53 Å². The Hall–Kier alpha value is -0.490. The number of amides is 1. The lowest BCUT2D eigenvalue weighted by atomic mass is 9.90. The van der Waals surface area contributed by atoms with Gasteiger partial charge < -0.3 is 15.4 Å². The zero-order valence-corrected chi connectivity index (χ0v) is 15.6. The van der Waals surface area contributed by atoms with Gasteiger partial charge in [-0.25, -0.2) is 0 Å². The third-order valence-corrected chi connectivity index (χ3v) is 4.73. The van der Waals surface area contributed by atoms with Crippen molar-refractivity contribution in [1.29, 1.82) is 0 Å². The highest BCUT2D eigenvalue weighted by molar-refractivity contribution is 9.10. The summed E-state index contributed by atoms with van der Waals surface area (Å²) in [5.74, 6) is 0.817. The van der Waals surface area contributed by atoms with E-state index in [0.29, 0.717) is 30.3 Å². The molecule has 22 heavy (non-hydrogen) atoms. The number of nitrogens with zero attached hydrogens (tertiary/aromatic N) is 1. The molecule has 0 aromatic heterocycles. The first-order valence-electron chi connectivity index (χ1n) is 6.99. The Bertz CT molecular complexity index is 530. The maximum Gasteiger partial charge on any atom is 0.226 e. The van der Waals surface area contributed by atoms with E-state index >= 15 is 0 Å². The molecular formula is C15H21BrCl2N2O2. The quantitative estimate of drug-likeness (QED) is 0.806. The number of rotatable bonds is 5. The molecule has 0 saturated carbocycles. The van der Waals surface area contributed by atoms with Crippen LogP contribution < -0.4 is 10.5 Å². The van der Waals surface area contributed by atoms with Crippen LogP contribution >= 0.6 is 39.9 Å². The Morgan fingerprint density at radius 2 is 2.27 bits per heavy atom. The molecule has 0 spiro atoms. The van der Waals surface area contributed by atoms with E-state index in [9.17, 15) is 4.79 Å². The van der Waals surface area contributed by atoms with Crippen LogP contribution in [-0.4, -0.2) is 37.0 Å². The topological polar surface area (TPSA) is 55.6 Å². The maximum absolute atomic E-state index is 12.2. The van der Waals surface area contributed by atoms with Gasteiger partial charge in [0.1, 0.15) is 5.75 Å². The van der Waals surface area contributed by atoms with E-state index in [1.54, 1.807) is 18.2 Å². The Kier molecular flexibility index (Phi) is 7.46. The molecule has 1 heterocycles. The van der Waals surface area contributed by atoms with E-state index in [2.05, 4.69) is 22.9 Å². The van der Waals surface area contributed by atoms with Crippen LogP contribution in [0.1, 0.15) is 19.8 Å². The van der Waals surface area contributed by atoms with E-state index in [4.69, 9.17) is 22.1 Å². The van der Waals surface area contributed by atoms with Crippen molar-refractivity contribution in [2.24, 2.45) is 11.1 Å². The molecule has 7 heteroatoms. The number of carbonyl (C=O) groups is 1. The first-order valence-corrected chi connectivity index (χ1v) is 8.16. The average molecular weight is 412 g/mol. The lowest BCUT2D eigenvalue weighted by molar-refractivity contribution is -0.131. The standard InChI is InChI=1S/C15H20BrClN2O2.ClH/c1-15(9-18)5-6-19(10-15)14(20)4-7-21-13-3-2-11(17)8-12(13)16;/h2-3,8H,4-7,9-10,18H2,1H3;1H. The second-order valence-electron chi connectivity index (χ2n) is 5.75. The van der Waals surface area contributed by atoms with Crippen LogP contribution in [0.5, 0.6) is 5.75 Å². The highest BCUT2D eigenvalue weighted by Gasteiger charge is 2.34. The number of hydrogen-bond donors (Lipinski definition) is 1. The van der Waals surface area contributed by atoms with Gasteiger partial charge in [-0.15, -0.1) is 12.4 Å². The number of likely N-dealkylation sites (tertiary alicyclic amines) is 1. The molecule has 1 aliphatic rings. The van der Waals surface area contributed by atoms with Crippen molar-refractivity contribution in [3.05, 3.63) is 27.7 Å². The Morgan fingerprint density at radius 1 is 1.55 bits per heavy atom. The number of nitrogens with two attached hydrogens (primary N) is 1. The molecule has 1 amide bonds. The van der Waals surface area contributed by atoms with Crippen molar-refractivity contribution in [2.45, 2.75) is 19.8 Å². The van der Waals surface area contributed by atoms with Crippen molar-refractivity contribution in [3.63, 3.8) is 0 Å². The molecule has 1 aliphatic heterocycles. The van der Waals surface area contributed by atoms with Gasteiger partial charge in [0.2, 0.25) is 5.91 Å². The number of carbonyl (C=O) groups excluding carboxylic acids is 1. The smallest absolute Gasteiger partial charge is 0.226 e. The third-order valence-electron chi connectivity index (χ3n) is 3.87. The summed E-state index contributed by atoms with van der Waals surface area (Å²) in [4.78, 5) is 14.0. The molecule has 1 fully saturated rings. The summed E-state index contributed by atoms with van der Waals surface area (Å²) in [6.07, 6.45) is 1.34. The van der Waals surface area contributed by atoms with Gasteiger partial charge >= 0.3 is 0 Å². The van der Waals surface area contributed by atoms with Crippen LogP contribution in [0.25, 0.3) is 0 Å². The highest BCUT2D eigenvalue weighted by Crippen LogP contribution is 2.30. The van der Waals surface area contributed by atoms with Crippen LogP contribution in [0.15, 0.2) is 22.7 Å². The molecule has 0 aliphatic carbocycles. The molecule has 0 bridgehead atoms. The predicted molar refractivity (Wildman–Crippen MR) is 94.9 cm³/mol. The van der Waals surface area contributed by atoms with Gasteiger partial charge in [0.15, 0.2) is 0 Å². The lowest BCUT2D eigenvalue weighted by Crippen LogP contribution is -2.35. The summed E-state index contributed by atoms with van der Waals surface area (Å²) in [5.41, 5.74) is 5.82. The Labute approximate surface area is 150 Å². The van der Waals surface area contributed by atoms with E-state index in [1.807, 2.05) is 4.90 Å². The van der Waals surface area contributed by atoms with E-state index in [1.165, 1.54) is 0 Å². The van der Waals surface area contributed by atoms with E-state index < -0.39 is 0 Å². The fourth-order valence-electron chi connectivity index (χ4n) is 2.40. The maximum atomic E-state index is 12.2. The van der Waals surface area contributed by atoms with Gasteiger partial charge in [-0.05, 0) is 52.5 Å². The fourth-order valence-corrected chi connectivity index (χ4v) is 3.20. The van der Waals surface area contributed by atoms with Crippen molar-refractivity contribution >= 4 is 45.8 Å². The molecule has 1 atom stereocenters. The van der Waals surface area contributed by atoms with Gasteiger partial charge in [-0.2, -0.15) is 0 Å². The zero-order chi connectivity index (χ0) is 15.5. The monoisotopic (exact) mass is 410 g/mol. The summed E-state index contributed by atoms with van der Waals surface area (Å²) in [5, 5.41) is 0.642. The largest absolute Gasteiger partial charge is 0.492 e. The Morgan fingerprint density at radius 3 is 2.86 bits per heavy atom. The van der Waals surface area contributed by atoms with Crippen LogP contribution in [0, 0.1) is 5.41 Å². The summed E-state index contributed by atoms with van der Waals surface area (Å²) in [7, 11) is 0. The van der Waals surface area contributed by atoms with Crippen molar-refractivity contribution in [1.82, 2.24) is 4.90 Å². The average Bonchev–Trinajstić information content (AvgIpc) is 2.85. The minimum Gasteiger partial charge on any atom is -0.492 e. The number of benzene rings is 1. The number of ether oxygens (including phenoxy) is 1. The number of halogens is 3. The summed E-state index contributed by atoms with van der Waals surface area (Å²) in [6.45, 7) is 4.63. The minimum absolute atomic E-state index is 0. The van der Waals surface area contributed by atoms with Crippen molar-refractivity contribution in [3.8, 4) is 5.75 Å². The molecule has 2 rings (SSSR count). The molecule has 1 aromatic rings. The molecule has 1 saturated heterocycles. The second-order valence-corrected chi connectivity index (χ2v) is 7.04. The minimum atomic E-state index is 0. The third kappa shape index (κ3) is 5.01. The Balaban J connectivity index is 0.00000242. The predicted octanol–water partition coefficient (Wildman–Crippen LogP) is 3.49. The van der Waals surface area contributed by atoms with Gasteiger partial charge in [-0.3, -0.25) is 4.79 Å². The molecule has 124 valence electrons. The molecule has 4 nitrogen and oxygen atoms in total. The van der Waals surface area contributed by atoms with E-state index in [-0.39, 0.29) is 23.7 Å². The van der Waals surface area contributed by atoms with Crippen LogP contribution in [0.2, 0.25) is 5.02 Å².